The molecule has 1 saturated heterocycles. The van der Waals surface area contributed by atoms with Crippen LogP contribution in [0.2, 0.25) is 0 Å². The van der Waals surface area contributed by atoms with E-state index in [0.29, 0.717) is 24.3 Å². The highest BCUT2D eigenvalue weighted by molar-refractivity contribution is 8.00. The molecular weight excluding hydrogens is 534 g/mol. The third-order valence-corrected chi connectivity index (χ3v) is 8.36. The fourth-order valence-electron chi connectivity index (χ4n) is 4.34. The lowest BCUT2D eigenvalue weighted by Crippen LogP contribution is -2.71. The number of amides is 3. The van der Waals surface area contributed by atoms with Gasteiger partial charge >= 0.3 is 5.97 Å². The molecule has 3 aliphatic rings. The third-order valence-electron chi connectivity index (χ3n) is 6.25. The van der Waals surface area contributed by atoms with Gasteiger partial charge in [0.15, 0.2) is 24.1 Å². The molecular formula is C23H24N7O6S2+. The Morgan fingerprint density at radius 2 is 2.26 bits per heavy atom. The Bertz CT molecular complexity index is 1380. The predicted molar refractivity (Wildman–Crippen MR) is 137 cm³/mol. The number of aryl methyl sites for hydroxylation is 1. The molecule has 15 heteroatoms. The monoisotopic (exact) mass is 558 g/mol. The fraction of sp³-hybridized carbons (Fsp3) is 0.348. The summed E-state index contributed by atoms with van der Waals surface area (Å²) in [6, 6.07) is 0.889. The Morgan fingerprint density at radius 3 is 2.95 bits per heavy atom. The molecule has 3 atom stereocenters. The zero-order chi connectivity index (χ0) is 26.8. The van der Waals surface area contributed by atoms with Crippen molar-refractivity contribution in [1.29, 1.82) is 0 Å². The molecule has 0 bridgehead atoms. The van der Waals surface area contributed by atoms with Crippen LogP contribution in [-0.4, -0.2) is 72.9 Å². The second-order valence-corrected chi connectivity index (χ2v) is 10.6. The molecule has 1 unspecified atom stereocenters. The number of aliphatic carboxylic acids is 1. The Labute approximate surface area is 224 Å². The zero-order valence-corrected chi connectivity index (χ0v) is 21.8. The first-order valence-electron chi connectivity index (χ1n) is 11.7. The molecule has 3 N–H and O–H groups in total. The normalized spacial score (nSPS) is 22.7. The van der Waals surface area contributed by atoms with E-state index in [0.717, 1.165) is 24.2 Å². The SMILES string of the molecule is C[n+]1cccn1CC1=C(C(=O)O)N2C(=O)[C@@H](NC(=O)C(=NOC3C=CCC3)c3csc(NC=O)n3)[C@H]2SC1. The van der Waals surface area contributed by atoms with Gasteiger partial charge in [0.1, 0.15) is 35.5 Å². The standard InChI is InChI=1S/C23H23N7O6S2/c1-28-7-4-8-29(28)9-13-10-37-21-17(20(33)30(21)18(13)22(34)35)26-19(32)16(27-36-14-5-2-3-6-14)15-11-38-23(25-15)24-12-31/h2,4-5,7-8,11-12,14,17,21H,3,6,9-10H2,1H3,(H2-,24,25,26,31,32,34,35)/p+1/t14?,17-,21-/m1/s1. The van der Waals surface area contributed by atoms with Gasteiger partial charge in [0, 0.05) is 17.2 Å². The number of oxime groups is 1. The van der Waals surface area contributed by atoms with Crippen LogP contribution in [0.15, 0.2) is 52.4 Å². The first kappa shape index (κ1) is 25.7. The number of carbonyl (C=O) groups is 4. The predicted octanol–water partition coefficient (Wildman–Crippen LogP) is 0.216. The second-order valence-electron chi connectivity index (χ2n) is 8.67. The zero-order valence-electron chi connectivity index (χ0n) is 20.1. The Hall–Kier alpha value is -3.98. The number of nitrogens with zero attached hydrogens (tertiary/aromatic N) is 5. The van der Waals surface area contributed by atoms with Gasteiger partial charge in [0.25, 0.3) is 11.8 Å². The lowest BCUT2D eigenvalue weighted by Gasteiger charge is -2.49. The van der Waals surface area contributed by atoms with Crippen molar-refractivity contribution < 1.29 is 33.8 Å². The number of fused-ring (bicyclic) bond motifs is 1. The number of allylic oxidation sites excluding steroid dienone is 1. The van der Waals surface area contributed by atoms with Crippen LogP contribution in [0.25, 0.3) is 0 Å². The van der Waals surface area contributed by atoms with Crippen molar-refractivity contribution in [2.75, 3.05) is 11.1 Å². The first-order valence-corrected chi connectivity index (χ1v) is 13.6. The Kier molecular flexibility index (Phi) is 7.28. The maximum absolute atomic E-state index is 13.3. The first-order chi connectivity index (χ1) is 18.4. The van der Waals surface area contributed by atoms with Crippen molar-refractivity contribution in [3.05, 3.63) is 53.0 Å². The van der Waals surface area contributed by atoms with Crippen LogP contribution >= 0.6 is 23.1 Å². The third kappa shape index (κ3) is 4.93. The molecule has 2 aromatic rings. The number of carbonyl (C=O) groups excluding carboxylic acids is 3. The summed E-state index contributed by atoms with van der Waals surface area (Å²) in [5, 5.41) is 20.3. The maximum Gasteiger partial charge on any atom is 0.352 e. The van der Waals surface area contributed by atoms with E-state index in [1.54, 1.807) is 5.38 Å². The molecule has 4 heterocycles. The quantitative estimate of drug-likeness (QED) is 0.0933. The van der Waals surface area contributed by atoms with Crippen molar-refractivity contribution in [3.8, 4) is 0 Å². The van der Waals surface area contributed by atoms with Crippen molar-refractivity contribution >= 4 is 58.1 Å². The van der Waals surface area contributed by atoms with Gasteiger partial charge in [0.2, 0.25) is 6.41 Å². The second kappa shape index (κ2) is 10.8. The van der Waals surface area contributed by atoms with Crippen molar-refractivity contribution in [1.82, 2.24) is 19.9 Å². The molecule has 0 saturated carbocycles. The Morgan fingerprint density at radius 1 is 1.42 bits per heavy atom. The van der Waals surface area contributed by atoms with E-state index in [9.17, 15) is 24.3 Å². The largest absolute Gasteiger partial charge is 0.477 e. The number of nitrogens with one attached hydrogen (secondary N) is 2. The molecule has 1 fully saturated rings. The molecule has 3 amide bonds. The van der Waals surface area contributed by atoms with Gasteiger partial charge in [-0.2, -0.15) is 4.68 Å². The number of anilines is 1. The summed E-state index contributed by atoms with van der Waals surface area (Å²) < 4.78 is 3.66. The molecule has 198 valence electrons. The van der Waals surface area contributed by atoms with Crippen LogP contribution in [0.5, 0.6) is 0 Å². The highest BCUT2D eigenvalue weighted by atomic mass is 32.2. The molecule has 0 aromatic carbocycles. The molecule has 0 radical (unpaired) electrons. The highest BCUT2D eigenvalue weighted by Gasteiger charge is 2.54. The minimum Gasteiger partial charge on any atom is -0.477 e. The molecule has 38 heavy (non-hydrogen) atoms. The van der Waals surface area contributed by atoms with Crippen LogP contribution in [-0.2, 0) is 37.6 Å². The topological polar surface area (TPSA) is 159 Å². The van der Waals surface area contributed by atoms with Gasteiger partial charge in [-0.15, -0.1) is 27.8 Å². The molecule has 13 nitrogen and oxygen atoms in total. The summed E-state index contributed by atoms with van der Waals surface area (Å²) in [7, 11) is 1.84. The smallest absolute Gasteiger partial charge is 0.352 e. The summed E-state index contributed by atoms with van der Waals surface area (Å²) in [5.41, 5.74) is 0.558. The fourth-order valence-corrected chi connectivity index (χ4v) is 6.33. The van der Waals surface area contributed by atoms with E-state index in [-0.39, 0.29) is 28.3 Å². The number of β-lactam (4-membered cyclic amide) rings is 1. The average molecular weight is 559 g/mol. The minimum atomic E-state index is -1.20. The van der Waals surface area contributed by atoms with E-state index in [1.807, 2.05) is 47.0 Å². The summed E-state index contributed by atoms with van der Waals surface area (Å²) in [6.45, 7) is 0.316. The average Bonchev–Trinajstić information content (AvgIpc) is 3.66. The van der Waals surface area contributed by atoms with E-state index in [1.165, 1.54) is 16.7 Å². The lowest BCUT2D eigenvalue weighted by atomic mass is 10.0. The van der Waals surface area contributed by atoms with Gasteiger partial charge in [-0.25, -0.2) is 9.78 Å². The Balaban J connectivity index is 1.35. The number of carboxylic acids is 1. The summed E-state index contributed by atoms with van der Waals surface area (Å²) in [6.07, 6.45) is 9.19. The summed E-state index contributed by atoms with van der Waals surface area (Å²) >= 11 is 2.48. The van der Waals surface area contributed by atoms with Crippen molar-refractivity contribution in [2.45, 2.75) is 36.9 Å². The number of rotatable bonds is 10. The number of aromatic nitrogens is 3. The molecule has 2 aliphatic heterocycles. The van der Waals surface area contributed by atoms with Gasteiger partial charge in [-0.1, -0.05) is 11.2 Å². The van der Waals surface area contributed by atoms with Crippen LogP contribution in [0.3, 0.4) is 0 Å². The van der Waals surface area contributed by atoms with Gasteiger partial charge in [-0.3, -0.25) is 19.3 Å². The van der Waals surface area contributed by atoms with Crippen LogP contribution < -0.4 is 15.3 Å². The summed E-state index contributed by atoms with van der Waals surface area (Å²) in [5.74, 6) is -2.04. The number of carboxylic acid groups (broad SMARTS) is 1. The molecule has 5 rings (SSSR count). The van der Waals surface area contributed by atoms with E-state index in [2.05, 4.69) is 20.8 Å². The van der Waals surface area contributed by atoms with Crippen molar-refractivity contribution in [3.63, 3.8) is 0 Å². The number of thioether (sulfide) groups is 1. The maximum atomic E-state index is 13.3. The minimum absolute atomic E-state index is 0.0627. The van der Waals surface area contributed by atoms with Crippen LogP contribution in [0.1, 0.15) is 18.5 Å². The van der Waals surface area contributed by atoms with E-state index >= 15 is 0 Å². The van der Waals surface area contributed by atoms with Gasteiger partial charge in [0.05, 0.1) is 6.20 Å². The summed E-state index contributed by atoms with van der Waals surface area (Å²) in [4.78, 5) is 60.3. The molecule has 1 aliphatic carbocycles. The number of hydrogen-bond acceptors (Lipinski definition) is 9. The number of thiazole rings is 1. The van der Waals surface area contributed by atoms with Crippen LogP contribution in [0, 0.1) is 0 Å². The number of hydrogen-bond donors (Lipinski definition) is 3. The molecule has 0 spiro atoms. The van der Waals surface area contributed by atoms with Gasteiger partial charge in [-0.05, 0) is 24.5 Å². The van der Waals surface area contributed by atoms with E-state index in [4.69, 9.17) is 4.84 Å². The van der Waals surface area contributed by atoms with E-state index < -0.39 is 29.2 Å². The van der Waals surface area contributed by atoms with Gasteiger partial charge < -0.3 is 20.6 Å². The lowest BCUT2D eigenvalue weighted by molar-refractivity contribution is -0.752. The van der Waals surface area contributed by atoms with Crippen molar-refractivity contribution in [2.24, 2.45) is 12.2 Å². The highest BCUT2D eigenvalue weighted by Crippen LogP contribution is 2.40. The van der Waals surface area contributed by atoms with Crippen LogP contribution in [0.4, 0.5) is 5.13 Å². The molecule has 2 aromatic heterocycles.